The molecule has 2 rings (SSSR count). The highest BCUT2D eigenvalue weighted by molar-refractivity contribution is 7.09. The molecular weight excluding hydrogens is 216 g/mol. The Kier molecular flexibility index (Phi) is 4.38. The summed E-state index contributed by atoms with van der Waals surface area (Å²) in [7, 11) is 0. The van der Waals surface area contributed by atoms with Crippen molar-refractivity contribution in [3.8, 4) is 0 Å². The highest BCUT2D eigenvalue weighted by atomic mass is 32.1. The molecule has 1 aromatic rings. The molecule has 2 atom stereocenters. The molecule has 0 radical (unpaired) electrons. The maximum absolute atomic E-state index is 3.55. The van der Waals surface area contributed by atoms with E-state index in [4.69, 9.17) is 0 Å². The highest BCUT2D eigenvalue weighted by Gasteiger charge is 2.24. The lowest BCUT2D eigenvalue weighted by Crippen LogP contribution is -2.41. The number of rotatable bonds is 5. The monoisotopic (exact) mass is 238 g/mol. The number of thiophene rings is 1. The van der Waals surface area contributed by atoms with E-state index in [-0.39, 0.29) is 0 Å². The van der Waals surface area contributed by atoms with E-state index >= 15 is 0 Å². The van der Waals surface area contributed by atoms with Gasteiger partial charge in [0.25, 0.3) is 0 Å². The van der Waals surface area contributed by atoms with Gasteiger partial charge in [0.1, 0.15) is 0 Å². The van der Waals surface area contributed by atoms with E-state index in [0.717, 1.165) is 19.1 Å². The number of nitrogens with one attached hydrogen (secondary N) is 1. The second kappa shape index (κ2) is 5.80. The van der Waals surface area contributed by atoms with Crippen LogP contribution in [0.2, 0.25) is 0 Å². The summed E-state index contributed by atoms with van der Waals surface area (Å²) in [6, 6.07) is 5.75. The van der Waals surface area contributed by atoms with E-state index in [9.17, 15) is 0 Å². The third kappa shape index (κ3) is 3.06. The van der Waals surface area contributed by atoms with Gasteiger partial charge in [0.2, 0.25) is 0 Å². The van der Waals surface area contributed by atoms with Gasteiger partial charge in [-0.25, -0.2) is 0 Å². The van der Waals surface area contributed by atoms with Crippen LogP contribution >= 0.6 is 11.3 Å². The molecule has 16 heavy (non-hydrogen) atoms. The maximum atomic E-state index is 3.55. The summed E-state index contributed by atoms with van der Waals surface area (Å²) in [5.41, 5.74) is 0. The Balaban J connectivity index is 1.69. The van der Waals surface area contributed by atoms with Crippen molar-refractivity contribution in [3.63, 3.8) is 0 Å². The molecule has 90 valence electrons. The van der Waals surface area contributed by atoms with Crippen molar-refractivity contribution in [2.75, 3.05) is 13.1 Å². The van der Waals surface area contributed by atoms with Crippen LogP contribution in [0.5, 0.6) is 0 Å². The van der Waals surface area contributed by atoms with Gasteiger partial charge in [-0.05, 0) is 44.7 Å². The normalized spacial score (nSPS) is 23.8. The van der Waals surface area contributed by atoms with E-state index in [1.54, 1.807) is 0 Å². The van der Waals surface area contributed by atoms with Gasteiger partial charge in [-0.15, -0.1) is 11.3 Å². The molecule has 0 spiro atoms. The van der Waals surface area contributed by atoms with E-state index in [0.29, 0.717) is 6.04 Å². The van der Waals surface area contributed by atoms with Crippen LogP contribution in [0.25, 0.3) is 0 Å². The predicted molar refractivity (Wildman–Crippen MR) is 70.9 cm³/mol. The lowest BCUT2D eigenvalue weighted by atomic mass is 10.2. The Morgan fingerprint density at radius 1 is 1.62 bits per heavy atom. The molecule has 2 heterocycles. The molecule has 0 aromatic carbocycles. The Morgan fingerprint density at radius 2 is 2.50 bits per heavy atom. The Morgan fingerprint density at radius 3 is 3.12 bits per heavy atom. The van der Waals surface area contributed by atoms with Crippen molar-refractivity contribution in [2.45, 2.75) is 45.3 Å². The van der Waals surface area contributed by atoms with Crippen LogP contribution < -0.4 is 5.32 Å². The lowest BCUT2D eigenvalue weighted by Gasteiger charge is -2.28. The van der Waals surface area contributed by atoms with Crippen LogP contribution in [0.15, 0.2) is 17.5 Å². The van der Waals surface area contributed by atoms with Crippen molar-refractivity contribution >= 4 is 11.3 Å². The number of likely N-dealkylation sites (tertiary alicyclic amines) is 1. The fourth-order valence-electron chi connectivity index (χ4n) is 2.54. The zero-order valence-electron chi connectivity index (χ0n) is 10.3. The van der Waals surface area contributed by atoms with Crippen LogP contribution in [0, 0.1) is 0 Å². The smallest absolute Gasteiger partial charge is 0.0300 e. The summed E-state index contributed by atoms with van der Waals surface area (Å²) in [6.07, 6.45) is 2.74. The van der Waals surface area contributed by atoms with Gasteiger partial charge < -0.3 is 5.32 Å². The van der Waals surface area contributed by atoms with Crippen LogP contribution in [0.4, 0.5) is 0 Å². The van der Waals surface area contributed by atoms with Crippen molar-refractivity contribution in [1.29, 1.82) is 0 Å². The standard InChI is InChI=1S/C13H22N2S/c1-11-5-3-7-15(11)12(2)9-14-10-13-6-4-8-16-13/h4,6,8,11-12,14H,3,5,7,9-10H2,1-2H3. The second-order valence-electron chi connectivity index (χ2n) is 4.79. The van der Waals surface area contributed by atoms with Gasteiger partial charge in [0, 0.05) is 30.1 Å². The highest BCUT2D eigenvalue weighted by Crippen LogP contribution is 2.19. The van der Waals surface area contributed by atoms with Crippen molar-refractivity contribution in [2.24, 2.45) is 0 Å². The molecule has 1 aliphatic heterocycles. The lowest BCUT2D eigenvalue weighted by molar-refractivity contribution is 0.198. The van der Waals surface area contributed by atoms with Gasteiger partial charge in [-0.1, -0.05) is 6.07 Å². The molecule has 0 amide bonds. The third-order valence-corrected chi connectivity index (χ3v) is 4.37. The Bertz CT molecular complexity index is 297. The van der Waals surface area contributed by atoms with Gasteiger partial charge in [0.15, 0.2) is 0 Å². The minimum Gasteiger partial charge on any atom is -0.310 e. The molecule has 1 fully saturated rings. The summed E-state index contributed by atoms with van der Waals surface area (Å²) >= 11 is 1.83. The molecule has 3 heteroatoms. The van der Waals surface area contributed by atoms with Gasteiger partial charge in [0.05, 0.1) is 0 Å². The molecule has 2 unspecified atom stereocenters. The molecule has 0 aliphatic carbocycles. The van der Waals surface area contributed by atoms with Crippen LogP contribution in [0.1, 0.15) is 31.6 Å². The number of nitrogens with zero attached hydrogens (tertiary/aromatic N) is 1. The fraction of sp³-hybridized carbons (Fsp3) is 0.692. The molecule has 0 bridgehead atoms. The Labute approximate surface area is 103 Å². The molecule has 1 aromatic heterocycles. The first-order valence-electron chi connectivity index (χ1n) is 6.26. The zero-order valence-corrected chi connectivity index (χ0v) is 11.1. The Hall–Kier alpha value is -0.380. The van der Waals surface area contributed by atoms with Crippen molar-refractivity contribution in [1.82, 2.24) is 10.2 Å². The summed E-state index contributed by atoms with van der Waals surface area (Å²) in [5.74, 6) is 0. The fourth-order valence-corrected chi connectivity index (χ4v) is 3.22. The first kappa shape index (κ1) is 12.1. The summed E-state index contributed by atoms with van der Waals surface area (Å²) in [4.78, 5) is 4.06. The van der Waals surface area contributed by atoms with E-state index in [2.05, 4.69) is 41.6 Å². The quantitative estimate of drug-likeness (QED) is 0.848. The summed E-state index contributed by atoms with van der Waals surface area (Å²) in [6.45, 7) is 8.08. The third-order valence-electron chi connectivity index (χ3n) is 3.49. The van der Waals surface area contributed by atoms with Gasteiger partial charge in [-0.3, -0.25) is 4.90 Å². The average Bonchev–Trinajstić information content (AvgIpc) is 2.88. The second-order valence-corrected chi connectivity index (χ2v) is 5.82. The van der Waals surface area contributed by atoms with Gasteiger partial charge in [-0.2, -0.15) is 0 Å². The first-order valence-corrected chi connectivity index (χ1v) is 7.14. The maximum Gasteiger partial charge on any atom is 0.0300 e. The molecular formula is C13H22N2S. The van der Waals surface area contributed by atoms with Crippen LogP contribution in [-0.2, 0) is 6.54 Å². The van der Waals surface area contributed by atoms with E-state index in [1.165, 1.54) is 24.3 Å². The minimum atomic E-state index is 0.664. The zero-order chi connectivity index (χ0) is 11.4. The van der Waals surface area contributed by atoms with Crippen molar-refractivity contribution in [3.05, 3.63) is 22.4 Å². The van der Waals surface area contributed by atoms with E-state index < -0.39 is 0 Å². The largest absolute Gasteiger partial charge is 0.310 e. The minimum absolute atomic E-state index is 0.664. The summed E-state index contributed by atoms with van der Waals surface area (Å²) in [5, 5.41) is 5.70. The summed E-state index contributed by atoms with van der Waals surface area (Å²) < 4.78 is 0. The van der Waals surface area contributed by atoms with Crippen molar-refractivity contribution < 1.29 is 0 Å². The van der Waals surface area contributed by atoms with Gasteiger partial charge >= 0.3 is 0 Å². The van der Waals surface area contributed by atoms with E-state index in [1.807, 2.05) is 11.3 Å². The topological polar surface area (TPSA) is 15.3 Å². The number of hydrogen-bond donors (Lipinski definition) is 1. The SMILES string of the molecule is CC1CCCN1C(C)CNCc1cccs1. The van der Waals surface area contributed by atoms with Crippen LogP contribution in [0.3, 0.4) is 0 Å². The predicted octanol–water partition coefficient (Wildman–Crippen LogP) is 2.71. The molecule has 1 saturated heterocycles. The molecule has 1 N–H and O–H groups in total. The molecule has 1 aliphatic rings. The average molecular weight is 238 g/mol. The number of hydrogen-bond acceptors (Lipinski definition) is 3. The van der Waals surface area contributed by atoms with Crippen LogP contribution in [-0.4, -0.2) is 30.1 Å². The molecule has 0 saturated carbocycles. The first-order chi connectivity index (χ1) is 7.77. The molecule has 2 nitrogen and oxygen atoms in total.